The van der Waals surface area contributed by atoms with Crippen LogP contribution in [0.2, 0.25) is 5.02 Å². The van der Waals surface area contributed by atoms with Gasteiger partial charge in [0.2, 0.25) is 5.91 Å². The SMILES string of the molecule is CC(Sc1nc2sc3c(c2c(=O)n1C)CCC3)C(=O)Nc1ccc(Cl)cc1C(F)(F)F. The predicted octanol–water partition coefficient (Wildman–Crippen LogP) is 5.28. The van der Waals surface area contributed by atoms with Crippen LogP contribution in [0.25, 0.3) is 10.2 Å². The average molecular weight is 488 g/mol. The van der Waals surface area contributed by atoms with E-state index in [0.29, 0.717) is 15.4 Å². The maximum atomic E-state index is 13.3. The number of hydrogen-bond donors (Lipinski definition) is 1. The molecule has 0 saturated carbocycles. The van der Waals surface area contributed by atoms with Gasteiger partial charge in [-0.15, -0.1) is 11.3 Å². The largest absolute Gasteiger partial charge is 0.418 e. The number of aromatic nitrogens is 2. The Hall–Kier alpha value is -2.04. The third-order valence-electron chi connectivity index (χ3n) is 5.10. The van der Waals surface area contributed by atoms with Crippen molar-refractivity contribution in [1.29, 1.82) is 0 Å². The minimum Gasteiger partial charge on any atom is -0.325 e. The third-order valence-corrected chi connectivity index (χ3v) is 7.67. The van der Waals surface area contributed by atoms with Gasteiger partial charge < -0.3 is 5.32 Å². The van der Waals surface area contributed by atoms with Crippen LogP contribution in [0.4, 0.5) is 18.9 Å². The van der Waals surface area contributed by atoms with Gasteiger partial charge in [0.15, 0.2) is 5.16 Å². The van der Waals surface area contributed by atoms with Crippen LogP contribution >= 0.6 is 34.7 Å². The number of amides is 1. The number of fused-ring (bicyclic) bond motifs is 3. The molecule has 1 unspecified atom stereocenters. The van der Waals surface area contributed by atoms with Crippen molar-refractivity contribution in [3.63, 3.8) is 0 Å². The Bertz CT molecular complexity index is 1250. The van der Waals surface area contributed by atoms with E-state index in [9.17, 15) is 22.8 Å². The Kier molecular flexibility index (Phi) is 5.82. The fraction of sp³-hybridized carbons (Fsp3) is 0.350. The summed E-state index contributed by atoms with van der Waals surface area (Å²) in [4.78, 5) is 31.9. The monoisotopic (exact) mass is 487 g/mol. The fourth-order valence-corrected chi connectivity index (χ4v) is 5.87. The molecule has 31 heavy (non-hydrogen) atoms. The van der Waals surface area contributed by atoms with Crippen LogP contribution in [-0.2, 0) is 30.9 Å². The highest BCUT2D eigenvalue weighted by molar-refractivity contribution is 8.00. The van der Waals surface area contributed by atoms with Crippen molar-refractivity contribution >= 4 is 56.5 Å². The van der Waals surface area contributed by atoms with Gasteiger partial charge in [0.05, 0.1) is 21.9 Å². The molecule has 0 aliphatic heterocycles. The van der Waals surface area contributed by atoms with Crippen LogP contribution in [0.15, 0.2) is 28.2 Å². The summed E-state index contributed by atoms with van der Waals surface area (Å²) in [7, 11) is 1.59. The Balaban J connectivity index is 1.59. The second-order valence-corrected chi connectivity index (χ2v) is 10.1. The van der Waals surface area contributed by atoms with Crippen molar-refractivity contribution < 1.29 is 18.0 Å². The molecule has 1 N–H and O–H groups in total. The van der Waals surface area contributed by atoms with Crippen molar-refractivity contribution in [1.82, 2.24) is 9.55 Å². The van der Waals surface area contributed by atoms with E-state index < -0.39 is 22.9 Å². The van der Waals surface area contributed by atoms with Crippen molar-refractivity contribution in [2.24, 2.45) is 7.05 Å². The van der Waals surface area contributed by atoms with Gasteiger partial charge in [-0.25, -0.2) is 4.98 Å². The molecule has 2 heterocycles. The molecule has 1 aromatic carbocycles. The Morgan fingerprint density at radius 2 is 2.10 bits per heavy atom. The zero-order chi connectivity index (χ0) is 22.5. The first kappa shape index (κ1) is 22.2. The van der Waals surface area contributed by atoms with E-state index in [4.69, 9.17) is 11.6 Å². The first-order chi connectivity index (χ1) is 14.6. The summed E-state index contributed by atoms with van der Waals surface area (Å²) >= 11 is 8.19. The topological polar surface area (TPSA) is 64.0 Å². The van der Waals surface area contributed by atoms with Crippen molar-refractivity contribution in [2.75, 3.05) is 5.32 Å². The lowest BCUT2D eigenvalue weighted by Gasteiger charge is -2.17. The van der Waals surface area contributed by atoms with Crippen LogP contribution in [0, 0.1) is 0 Å². The minimum atomic E-state index is -4.67. The lowest BCUT2D eigenvalue weighted by atomic mass is 10.1. The minimum absolute atomic E-state index is 0.0805. The van der Waals surface area contributed by atoms with Gasteiger partial charge >= 0.3 is 6.18 Å². The van der Waals surface area contributed by atoms with Gasteiger partial charge in [-0.1, -0.05) is 23.4 Å². The molecule has 0 saturated heterocycles. The van der Waals surface area contributed by atoms with E-state index >= 15 is 0 Å². The number of nitrogens with one attached hydrogen (secondary N) is 1. The smallest absolute Gasteiger partial charge is 0.325 e. The molecule has 3 aromatic rings. The number of aryl methyl sites for hydroxylation is 2. The summed E-state index contributed by atoms with van der Waals surface area (Å²) < 4.78 is 41.2. The van der Waals surface area contributed by atoms with Crippen LogP contribution in [0.1, 0.15) is 29.3 Å². The van der Waals surface area contributed by atoms with E-state index in [0.717, 1.165) is 48.7 Å². The number of halogens is 4. The summed E-state index contributed by atoms with van der Waals surface area (Å²) in [6.45, 7) is 1.55. The summed E-state index contributed by atoms with van der Waals surface area (Å²) in [6, 6.07) is 3.16. The third kappa shape index (κ3) is 4.20. The van der Waals surface area contributed by atoms with Gasteiger partial charge in [0.1, 0.15) is 4.83 Å². The highest BCUT2D eigenvalue weighted by Crippen LogP contribution is 2.38. The standard InChI is InChI=1S/C20H17ClF3N3O2S2/c1-9(16(28)25-13-7-6-10(21)8-12(13)20(22,23)24)30-19-26-17-15(18(29)27(19)2)11-4-3-5-14(11)31-17/h6-9H,3-5H2,1-2H3,(H,25,28). The number of alkyl halides is 3. The number of rotatable bonds is 4. The molecule has 1 aliphatic rings. The van der Waals surface area contributed by atoms with E-state index in [1.54, 1.807) is 14.0 Å². The molecular weight excluding hydrogens is 471 g/mol. The van der Waals surface area contributed by atoms with Crippen molar-refractivity contribution in [3.05, 3.63) is 49.6 Å². The molecule has 0 fully saturated rings. The van der Waals surface area contributed by atoms with E-state index in [1.165, 1.54) is 26.8 Å². The first-order valence-electron chi connectivity index (χ1n) is 9.42. The van der Waals surface area contributed by atoms with E-state index in [-0.39, 0.29) is 16.3 Å². The highest BCUT2D eigenvalue weighted by atomic mass is 35.5. The predicted molar refractivity (Wildman–Crippen MR) is 117 cm³/mol. The summed E-state index contributed by atoms with van der Waals surface area (Å²) in [6.07, 6.45) is -1.85. The molecular formula is C20H17ClF3N3O2S2. The van der Waals surface area contributed by atoms with Crippen LogP contribution in [-0.4, -0.2) is 20.7 Å². The maximum Gasteiger partial charge on any atom is 0.418 e. The van der Waals surface area contributed by atoms with Gasteiger partial charge in [0, 0.05) is 16.9 Å². The average Bonchev–Trinajstić information content (AvgIpc) is 3.27. The lowest BCUT2D eigenvalue weighted by molar-refractivity contribution is -0.137. The number of carbonyl (C=O) groups excluding carboxylic acids is 1. The van der Waals surface area contributed by atoms with Gasteiger partial charge in [-0.2, -0.15) is 13.2 Å². The van der Waals surface area contributed by atoms with Crippen LogP contribution in [0.5, 0.6) is 0 Å². The quantitative estimate of drug-likeness (QED) is 0.402. The number of benzene rings is 1. The van der Waals surface area contributed by atoms with E-state index in [1.807, 2.05) is 0 Å². The zero-order valence-corrected chi connectivity index (χ0v) is 18.9. The molecule has 1 amide bonds. The van der Waals surface area contributed by atoms with Crippen LogP contribution < -0.4 is 10.9 Å². The molecule has 11 heteroatoms. The van der Waals surface area contributed by atoms with Gasteiger partial charge in [-0.3, -0.25) is 14.2 Å². The molecule has 5 nitrogen and oxygen atoms in total. The molecule has 0 bridgehead atoms. The summed E-state index contributed by atoms with van der Waals surface area (Å²) in [5.74, 6) is -0.638. The molecule has 2 aromatic heterocycles. The number of carbonyl (C=O) groups is 1. The summed E-state index contributed by atoms with van der Waals surface area (Å²) in [5, 5.41) is 2.42. The summed E-state index contributed by atoms with van der Waals surface area (Å²) in [5.41, 5.74) is -0.499. The second-order valence-electron chi connectivity index (χ2n) is 7.23. The number of thioether (sulfide) groups is 1. The lowest BCUT2D eigenvalue weighted by Crippen LogP contribution is -2.26. The Labute approximate surface area is 188 Å². The zero-order valence-electron chi connectivity index (χ0n) is 16.5. The molecule has 4 rings (SSSR count). The Morgan fingerprint density at radius 3 is 2.81 bits per heavy atom. The maximum absolute atomic E-state index is 13.3. The Morgan fingerprint density at radius 1 is 1.35 bits per heavy atom. The van der Waals surface area contributed by atoms with Crippen molar-refractivity contribution in [3.8, 4) is 0 Å². The number of thiophene rings is 1. The van der Waals surface area contributed by atoms with Gasteiger partial charge in [0.25, 0.3) is 5.56 Å². The van der Waals surface area contributed by atoms with Gasteiger partial charge in [-0.05, 0) is 49.9 Å². The molecule has 1 aliphatic carbocycles. The first-order valence-corrected chi connectivity index (χ1v) is 11.5. The van der Waals surface area contributed by atoms with E-state index in [2.05, 4.69) is 10.3 Å². The molecule has 1 atom stereocenters. The number of anilines is 1. The molecule has 0 spiro atoms. The normalized spacial score (nSPS) is 14.6. The highest BCUT2D eigenvalue weighted by Gasteiger charge is 2.34. The fourth-order valence-electron chi connectivity index (χ4n) is 3.52. The number of hydrogen-bond acceptors (Lipinski definition) is 5. The van der Waals surface area contributed by atoms with Crippen LogP contribution in [0.3, 0.4) is 0 Å². The number of nitrogens with zero attached hydrogens (tertiary/aromatic N) is 2. The van der Waals surface area contributed by atoms with Crippen molar-refractivity contribution in [2.45, 2.75) is 42.8 Å². The molecule has 164 valence electrons. The molecule has 0 radical (unpaired) electrons. The second kappa shape index (κ2) is 8.14.